The first-order valence-corrected chi connectivity index (χ1v) is 5.31. The molecule has 0 unspecified atom stereocenters. The number of aromatic nitrogens is 6. The van der Waals surface area contributed by atoms with Crippen LogP contribution in [-0.2, 0) is 0 Å². The molecule has 9 heteroatoms. The monoisotopic (exact) mass is 276 g/mol. The number of oxazole rings is 1. The Morgan fingerprint density at radius 3 is 2.05 bits per heavy atom. The molecule has 104 valence electrons. The summed E-state index contributed by atoms with van der Waals surface area (Å²) < 4.78 is 13.0. The van der Waals surface area contributed by atoms with Gasteiger partial charge < -0.3 is 13.5 Å². The predicted molar refractivity (Wildman–Crippen MR) is 65.9 cm³/mol. The minimum absolute atomic E-state index is 1.38. The van der Waals surface area contributed by atoms with E-state index < -0.39 is 0 Å². The Morgan fingerprint density at radius 1 is 0.850 bits per heavy atom. The zero-order valence-corrected chi connectivity index (χ0v) is 10.3. The SMILES string of the molecule is c1cn[nH]c1.c1cnoc1.c1cocn1.c1conn1. The average Bonchev–Trinajstić information content (AvgIpc) is 3.40. The lowest BCUT2D eigenvalue weighted by Gasteiger charge is -1.49. The van der Waals surface area contributed by atoms with Gasteiger partial charge in [0, 0.05) is 17.7 Å². The van der Waals surface area contributed by atoms with Gasteiger partial charge in [0.2, 0.25) is 0 Å². The first-order valence-electron chi connectivity index (χ1n) is 5.31. The van der Waals surface area contributed by atoms with Crippen LogP contribution < -0.4 is 0 Å². The molecule has 0 amide bonds. The van der Waals surface area contributed by atoms with E-state index in [1.165, 1.54) is 31.4 Å². The van der Waals surface area contributed by atoms with Crippen molar-refractivity contribution < 1.29 is 13.5 Å². The van der Waals surface area contributed by atoms with Gasteiger partial charge in [0.1, 0.15) is 18.8 Å². The van der Waals surface area contributed by atoms with Crippen molar-refractivity contribution in [1.29, 1.82) is 0 Å². The number of hydrogen-bond acceptors (Lipinski definition) is 8. The van der Waals surface area contributed by atoms with Gasteiger partial charge in [-0.1, -0.05) is 5.16 Å². The fraction of sp³-hybridized carbons (Fsp3) is 0. The van der Waals surface area contributed by atoms with E-state index in [-0.39, 0.29) is 0 Å². The normalized spacial score (nSPS) is 8.00. The standard InChI is InChI=1S/C3H4N2.2C3H3NO.C2H2N2O/c1-2-4-5-3-1;1-2-5-3-4-1;1-2-4-5-3-1;1-2-5-4-3-1/h1-3H,(H,4,5);2*1-3H;1-2H. The van der Waals surface area contributed by atoms with Gasteiger partial charge in [0.25, 0.3) is 0 Å². The Balaban J connectivity index is 0.000000133. The highest BCUT2D eigenvalue weighted by Gasteiger charge is 1.62. The summed E-state index contributed by atoms with van der Waals surface area (Å²) in [7, 11) is 0. The number of hydrogen-bond donors (Lipinski definition) is 1. The molecule has 9 nitrogen and oxygen atoms in total. The van der Waals surface area contributed by atoms with Gasteiger partial charge in [-0.05, 0) is 12.1 Å². The molecule has 4 heterocycles. The summed E-state index contributed by atoms with van der Waals surface area (Å²) >= 11 is 0. The van der Waals surface area contributed by atoms with Crippen LogP contribution in [0.1, 0.15) is 0 Å². The zero-order valence-electron chi connectivity index (χ0n) is 10.3. The Hall–Kier alpha value is -3.23. The van der Waals surface area contributed by atoms with E-state index in [0.29, 0.717) is 0 Å². The van der Waals surface area contributed by atoms with Crippen LogP contribution in [0.5, 0.6) is 0 Å². The first-order chi connectivity index (χ1) is 10.0. The molecule has 0 fully saturated rings. The van der Waals surface area contributed by atoms with E-state index in [9.17, 15) is 0 Å². The van der Waals surface area contributed by atoms with Crippen molar-refractivity contribution in [3.63, 3.8) is 0 Å². The summed E-state index contributed by atoms with van der Waals surface area (Å²) in [5.74, 6) is 0. The van der Waals surface area contributed by atoms with Crippen LogP contribution in [0.4, 0.5) is 0 Å². The summed E-state index contributed by atoms with van der Waals surface area (Å²) in [6.45, 7) is 0. The maximum Gasteiger partial charge on any atom is 0.180 e. The van der Waals surface area contributed by atoms with Crippen LogP contribution in [0.15, 0.2) is 81.8 Å². The van der Waals surface area contributed by atoms with Crippen LogP contribution in [-0.4, -0.2) is 30.7 Å². The molecule has 4 aromatic heterocycles. The summed E-state index contributed by atoms with van der Waals surface area (Å²) in [5, 5.41) is 16.0. The second-order valence-electron chi connectivity index (χ2n) is 2.72. The second kappa shape index (κ2) is 12.2. The molecule has 0 saturated carbocycles. The van der Waals surface area contributed by atoms with Gasteiger partial charge in [-0.25, -0.2) is 4.98 Å². The third-order valence-electron chi connectivity index (χ3n) is 1.38. The third kappa shape index (κ3) is 9.96. The highest BCUT2D eigenvalue weighted by molar-refractivity contribution is 4.72. The summed E-state index contributed by atoms with van der Waals surface area (Å²) in [5.41, 5.74) is 0. The van der Waals surface area contributed by atoms with Crippen LogP contribution in [0.3, 0.4) is 0 Å². The summed E-state index contributed by atoms with van der Waals surface area (Å²) in [6.07, 6.45) is 13.9. The number of H-pyrrole nitrogens is 1. The van der Waals surface area contributed by atoms with Gasteiger partial charge in [-0.2, -0.15) is 5.10 Å². The number of nitrogens with one attached hydrogen (secondary N) is 1. The van der Waals surface area contributed by atoms with Gasteiger partial charge in [-0.15, -0.1) is 5.10 Å². The molecule has 0 aliphatic rings. The Morgan fingerprint density at radius 2 is 1.85 bits per heavy atom. The molecule has 0 aromatic carbocycles. The summed E-state index contributed by atoms with van der Waals surface area (Å²) in [4.78, 5) is 3.56. The Kier molecular flexibility index (Phi) is 9.07. The maximum atomic E-state index is 4.47. The van der Waals surface area contributed by atoms with Crippen molar-refractivity contribution in [2.45, 2.75) is 0 Å². The quantitative estimate of drug-likeness (QED) is 0.516. The van der Waals surface area contributed by atoms with Crippen LogP contribution >= 0.6 is 0 Å². The van der Waals surface area contributed by atoms with Gasteiger partial charge in [-0.3, -0.25) is 5.10 Å². The van der Waals surface area contributed by atoms with Crippen LogP contribution in [0.25, 0.3) is 0 Å². The van der Waals surface area contributed by atoms with Crippen molar-refractivity contribution in [3.8, 4) is 0 Å². The van der Waals surface area contributed by atoms with Crippen molar-refractivity contribution in [2.75, 3.05) is 0 Å². The van der Waals surface area contributed by atoms with E-state index in [2.05, 4.69) is 44.2 Å². The molecule has 0 aliphatic heterocycles. The van der Waals surface area contributed by atoms with Gasteiger partial charge in [0.15, 0.2) is 6.39 Å². The number of nitrogens with zero attached hydrogens (tertiary/aromatic N) is 5. The van der Waals surface area contributed by atoms with E-state index >= 15 is 0 Å². The fourth-order valence-electron chi connectivity index (χ4n) is 0.703. The number of rotatable bonds is 0. The second-order valence-corrected chi connectivity index (χ2v) is 2.72. The van der Waals surface area contributed by atoms with Crippen molar-refractivity contribution in [3.05, 3.63) is 68.3 Å². The predicted octanol–water partition coefficient (Wildman–Crippen LogP) is 1.83. The topological polar surface area (TPSA) is 120 Å². The largest absolute Gasteiger partial charge is 0.452 e. The molecule has 0 saturated heterocycles. The van der Waals surface area contributed by atoms with E-state index in [4.69, 9.17) is 0 Å². The molecular formula is C11H12N6O3. The molecule has 0 spiro atoms. The smallest absolute Gasteiger partial charge is 0.180 e. The molecule has 0 atom stereocenters. The van der Waals surface area contributed by atoms with Gasteiger partial charge in [0.05, 0.1) is 18.6 Å². The van der Waals surface area contributed by atoms with E-state index in [1.807, 2.05) is 6.07 Å². The third-order valence-corrected chi connectivity index (χ3v) is 1.38. The Bertz CT molecular complexity index is 359. The van der Waals surface area contributed by atoms with Crippen LogP contribution in [0, 0.1) is 0 Å². The minimum Gasteiger partial charge on any atom is -0.452 e. The van der Waals surface area contributed by atoms with Crippen molar-refractivity contribution in [2.24, 2.45) is 0 Å². The molecule has 0 aliphatic carbocycles. The fourth-order valence-corrected chi connectivity index (χ4v) is 0.703. The molecule has 4 rings (SSSR count). The highest BCUT2D eigenvalue weighted by Crippen LogP contribution is 1.72. The molecule has 1 N–H and O–H groups in total. The molecular weight excluding hydrogens is 264 g/mol. The minimum atomic E-state index is 1.38. The Labute approximate surface area is 113 Å². The molecule has 0 bridgehead atoms. The lowest BCUT2D eigenvalue weighted by molar-refractivity contribution is 0.393. The molecule has 20 heavy (non-hydrogen) atoms. The number of aromatic amines is 1. The van der Waals surface area contributed by atoms with E-state index in [1.54, 1.807) is 30.9 Å². The zero-order chi connectivity index (χ0) is 14.1. The van der Waals surface area contributed by atoms with E-state index in [0.717, 1.165) is 0 Å². The molecule has 4 aromatic rings. The first kappa shape index (κ1) is 14.8. The van der Waals surface area contributed by atoms with Gasteiger partial charge >= 0.3 is 0 Å². The molecule has 0 radical (unpaired) electrons. The average molecular weight is 276 g/mol. The van der Waals surface area contributed by atoms with Crippen molar-refractivity contribution in [1.82, 2.24) is 30.7 Å². The lowest BCUT2D eigenvalue weighted by atomic mass is 10.8. The van der Waals surface area contributed by atoms with Crippen LogP contribution in [0.2, 0.25) is 0 Å². The highest BCUT2D eigenvalue weighted by atomic mass is 16.5. The summed E-state index contributed by atoms with van der Waals surface area (Å²) in [6, 6.07) is 3.56. The maximum absolute atomic E-state index is 4.47. The van der Waals surface area contributed by atoms with Crippen molar-refractivity contribution >= 4 is 0 Å². The lowest BCUT2D eigenvalue weighted by Crippen LogP contribution is -1.53.